The topological polar surface area (TPSA) is 57.5 Å². The fourth-order valence-electron chi connectivity index (χ4n) is 0.358. The van der Waals surface area contributed by atoms with E-state index in [1.165, 1.54) is 6.92 Å². The molecule has 3 nitrogen and oxygen atoms in total. The maximum absolute atomic E-state index is 11.6. The van der Waals surface area contributed by atoms with Crippen LogP contribution in [0.1, 0.15) is 6.92 Å². The van der Waals surface area contributed by atoms with Crippen LogP contribution in [0.5, 0.6) is 0 Å². The van der Waals surface area contributed by atoms with Crippen molar-refractivity contribution >= 4 is 6.16 Å². The summed E-state index contributed by atoms with van der Waals surface area (Å²) in [5.41, 5.74) is 0.0949. The predicted molar refractivity (Wildman–Crippen MR) is 41.3 cm³/mol. The lowest BCUT2D eigenvalue weighted by atomic mass is 10.2. The van der Waals surface area contributed by atoms with Crippen LogP contribution in [0, 0.1) is 0 Å². The van der Waals surface area contributed by atoms with E-state index >= 15 is 0 Å². The molecule has 0 aliphatic heterocycles. The van der Waals surface area contributed by atoms with Gasteiger partial charge in [-0.25, -0.2) is 18.0 Å². The standard InChI is InChI=1S/C6H9F3.CH2O3/c1-5(2-7)6(3-8)4-9;2-1(3)4/h2-4H2,1H3;(H2,2,3,4). The van der Waals surface area contributed by atoms with Crippen LogP contribution >= 0.6 is 0 Å². The Morgan fingerprint density at radius 1 is 1.08 bits per heavy atom. The van der Waals surface area contributed by atoms with Gasteiger partial charge in [0.05, 0.1) is 0 Å². The third-order valence-electron chi connectivity index (χ3n) is 1.13. The van der Waals surface area contributed by atoms with E-state index in [0.29, 0.717) is 0 Å². The molecule has 0 saturated carbocycles. The molecule has 13 heavy (non-hydrogen) atoms. The van der Waals surface area contributed by atoms with E-state index in [2.05, 4.69) is 0 Å². The number of halogens is 3. The van der Waals surface area contributed by atoms with Crippen LogP contribution in [0.4, 0.5) is 18.0 Å². The summed E-state index contributed by atoms with van der Waals surface area (Å²) in [6.07, 6.45) is -1.83. The highest BCUT2D eigenvalue weighted by molar-refractivity contribution is 5.53. The molecule has 0 saturated heterocycles. The third-order valence-corrected chi connectivity index (χ3v) is 1.13. The van der Waals surface area contributed by atoms with Gasteiger partial charge < -0.3 is 10.2 Å². The zero-order chi connectivity index (χ0) is 10.9. The summed E-state index contributed by atoms with van der Waals surface area (Å²) in [7, 11) is 0. The summed E-state index contributed by atoms with van der Waals surface area (Å²) < 4.78 is 34.9. The Morgan fingerprint density at radius 2 is 1.38 bits per heavy atom. The third kappa shape index (κ3) is 10.8. The van der Waals surface area contributed by atoms with E-state index in [1.54, 1.807) is 0 Å². The predicted octanol–water partition coefficient (Wildman–Crippen LogP) is 2.43. The minimum atomic E-state index is -1.83. The first-order chi connectivity index (χ1) is 5.99. The maximum Gasteiger partial charge on any atom is 0.503 e. The van der Waals surface area contributed by atoms with Crippen LogP contribution in [-0.4, -0.2) is 36.4 Å². The Balaban J connectivity index is 0. The molecule has 0 aromatic rings. The van der Waals surface area contributed by atoms with Crippen LogP contribution in [0.2, 0.25) is 0 Å². The van der Waals surface area contributed by atoms with E-state index in [4.69, 9.17) is 15.0 Å². The van der Waals surface area contributed by atoms with Gasteiger partial charge in [0.2, 0.25) is 0 Å². The second-order valence-corrected chi connectivity index (χ2v) is 2.07. The lowest BCUT2D eigenvalue weighted by Crippen LogP contribution is -1.94. The molecule has 0 aliphatic rings. The van der Waals surface area contributed by atoms with Gasteiger partial charge in [0.15, 0.2) is 0 Å². The van der Waals surface area contributed by atoms with Gasteiger partial charge in [0, 0.05) is 0 Å². The number of rotatable bonds is 3. The molecule has 0 spiro atoms. The number of allylic oxidation sites excluding steroid dienone is 2. The second-order valence-electron chi connectivity index (χ2n) is 2.07. The fourth-order valence-corrected chi connectivity index (χ4v) is 0.358. The number of alkyl halides is 3. The highest BCUT2D eigenvalue weighted by Gasteiger charge is 1.99. The van der Waals surface area contributed by atoms with Crippen molar-refractivity contribution in [2.75, 3.05) is 20.0 Å². The first-order valence-corrected chi connectivity index (χ1v) is 3.26. The van der Waals surface area contributed by atoms with Crippen LogP contribution in [0.25, 0.3) is 0 Å². The molecule has 0 rings (SSSR count). The molecule has 0 amide bonds. The van der Waals surface area contributed by atoms with E-state index in [-0.39, 0.29) is 11.1 Å². The lowest BCUT2D eigenvalue weighted by molar-refractivity contribution is 0.137. The first-order valence-electron chi connectivity index (χ1n) is 3.26. The summed E-state index contributed by atoms with van der Waals surface area (Å²) >= 11 is 0. The maximum atomic E-state index is 11.6. The van der Waals surface area contributed by atoms with Crippen molar-refractivity contribution in [3.05, 3.63) is 11.1 Å². The van der Waals surface area contributed by atoms with Gasteiger partial charge in [-0.1, -0.05) is 0 Å². The van der Waals surface area contributed by atoms with Crippen LogP contribution < -0.4 is 0 Å². The summed E-state index contributed by atoms with van der Waals surface area (Å²) in [6, 6.07) is 0. The molecule has 78 valence electrons. The molecule has 6 heteroatoms. The zero-order valence-electron chi connectivity index (χ0n) is 7.06. The monoisotopic (exact) mass is 200 g/mol. The molecule has 2 N–H and O–H groups in total. The molecule has 0 unspecified atom stereocenters. The molecule has 0 radical (unpaired) electrons. The quantitative estimate of drug-likeness (QED) is 0.688. The molecular formula is C7H11F3O3. The van der Waals surface area contributed by atoms with Crippen molar-refractivity contribution < 1.29 is 28.2 Å². The Hall–Kier alpha value is -1.20. The fraction of sp³-hybridized carbons (Fsp3) is 0.571. The van der Waals surface area contributed by atoms with Crippen molar-refractivity contribution in [3.8, 4) is 0 Å². The minimum absolute atomic E-state index is 0.0718. The second kappa shape index (κ2) is 8.89. The van der Waals surface area contributed by atoms with E-state index in [9.17, 15) is 13.2 Å². The van der Waals surface area contributed by atoms with Crippen LogP contribution in [0.3, 0.4) is 0 Å². The Labute approximate surface area is 73.5 Å². The molecule has 0 atom stereocenters. The number of carboxylic acid groups (broad SMARTS) is 2. The Kier molecular flexibility index (Phi) is 9.80. The van der Waals surface area contributed by atoms with Gasteiger partial charge in [-0.3, -0.25) is 0 Å². The molecular weight excluding hydrogens is 189 g/mol. The highest BCUT2D eigenvalue weighted by Crippen LogP contribution is 2.05. The lowest BCUT2D eigenvalue weighted by Gasteiger charge is -1.98. The van der Waals surface area contributed by atoms with Crippen LogP contribution in [-0.2, 0) is 0 Å². The van der Waals surface area contributed by atoms with Gasteiger partial charge in [-0.05, 0) is 18.1 Å². The smallest absolute Gasteiger partial charge is 0.450 e. The largest absolute Gasteiger partial charge is 0.503 e. The molecule has 0 bridgehead atoms. The van der Waals surface area contributed by atoms with Gasteiger partial charge in [0.1, 0.15) is 20.0 Å². The molecule has 0 aromatic carbocycles. The molecule has 0 aromatic heterocycles. The summed E-state index contributed by atoms with van der Waals surface area (Å²) in [4.78, 5) is 8.56. The van der Waals surface area contributed by atoms with Gasteiger partial charge in [-0.15, -0.1) is 0 Å². The molecule has 0 heterocycles. The molecule has 0 aliphatic carbocycles. The van der Waals surface area contributed by atoms with E-state index < -0.39 is 26.2 Å². The van der Waals surface area contributed by atoms with Crippen molar-refractivity contribution in [3.63, 3.8) is 0 Å². The normalized spacial score (nSPS) is 8.31. The summed E-state index contributed by atoms with van der Waals surface area (Å²) in [6.45, 7) is -1.14. The summed E-state index contributed by atoms with van der Waals surface area (Å²) in [5.74, 6) is 0. The average Bonchev–Trinajstić information content (AvgIpc) is 2.05. The number of hydrogen-bond donors (Lipinski definition) is 2. The average molecular weight is 200 g/mol. The van der Waals surface area contributed by atoms with Crippen LogP contribution in [0.15, 0.2) is 11.1 Å². The Bertz CT molecular complexity index is 170. The first kappa shape index (κ1) is 14.3. The minimum Gasteiger partial charge on any atom is -0.450 e. The van der Waals surface area contributed by atoms with Gasteiger partial charge in [-0.2, -0.15) is 0 Å². The van der Waals surface area contributed by atoms with E-state index in [0.717, 1.165) is 0 Å². The van der Waals surface area contributed by atoms with Crippen molar-refractivity contribution in [1.82, 2.24) is 0 Å². The summed E-state index contributed by atoms with van der Waals surface area (Å²) in [5, 5.41) is 13.9. The van der Waals surface area contributed by atoms with Crippen molar-refractivity contribution in [2.45, 2.75) is 6.92 Å². The molecule has 0 fully saturated rings. The zero-order valence-corrected chi connectivity index (χ0v) is 7.06. The Morgan fingerprint density at radius 3 is 1.46 bits per heavy atom. The van der Waals surface area contributed by atoms with Crippen molar-refractivity contribution in [1.29, 1.82) is 0 Å². The SMILES string of the molecule is CC(CF)=C(CF)CF.O=C(O)O. The van der Waals surface area contributed by atoms with Gasteiger partial charge >= 0.3 is 6.16 Å². The van der Waals surface area contributed by atoms with E-state index in [1.807, 2.05) is 0 Å². The van der Waals surface area contributed by atoms with Crippen molar-refractivity contribution in [2.24, 2.45) is 0 Å². The highest BCUT2D eigenvalue weighted by atomic mass is 19.1. The van der Waals surface area contributed by atoms with Gasteiger partial charge in [0.25, 0.3) is 0 Å². The number of carbonyl (C=O) groups is 1. The number of hydrogen-bond acceptors (Lipinski definition) is 1.